The molecule has 37 heavy (non-hydrogen) atoms. The zero-order valence-corrected chi connectivity index (χ0v) is 21.9. The van der Waals surface area contributed by atoms with Crippen LogP contribution in [0.5, 0.6) is 5.88 Å². The summed E-state index contributed by atoms with van der Waals surface area (Å²) in [5.41, 5.74) is 6.09. The second-order valence-electron chi connectivity index (χ2n) is 9.76. The van der Waals surface area contributed by atoms with E-state index in [9.17, 15) is 13.2 Å². The van der Waals surface area contributed by atoms with E-state index in [1.54, 1.807) is 29.3 Å². The Morgan fingerprint density at radius 1 is 1.24 bits per heavy atom. The van der Waals surface area contributed by atoms with Crippen molar-refractivity contribution >= 4 is 27.6 Å². The first kappa shape index (κ1) is 22.5. The third-order valence-corrected chi connectivity index (χ3v) is 7.34. The summed E-state index contributed by atoms with van der Waals surface area (Å²) in [6.07, 6.45) is 3.19. The fourth-order valence-corrected chi connectivity index (χ4v) is 5.37. The Hall–Kier alpha value is -3.73. The van der Waals surface area contributed by atoms with E-state index in [4.69, 9.17) is 19.6 Å². The van der Waals surface area contributed by atoms with Gasteiger partial charge in [-0.05, 0) is 70.4 Å². The van der Waals surface area contributed by atoms with Crippen LogP contribution in [0, 0.1) is 5.92 Å². The van der Waals surface area contributed by atoms with Crippen molar-refractivity contribution < 1.29 is 22.1 Å². The van der Waals surface area contributed by atoms with Crippen molar-refractivity contribution in [2.45, 2.75) is 57.5 Å². The van der Waals surface area contributed by atoms with Crippen LogP contribution in [-0.4, -0.2) is 47.5 Å². The van der Waals surface area contributed by atoms with Crippen LogP contribution in [0.15, 0.2) is 53.7 Å². The second-order valence-corrected chi connectivity index (χ2v) is 11.4. The third-order valence-electron chi connectivity index (χ3n) is 5.96. The molecule has 0 bridgehead atoms. The van der Waals surface area contributed by atoms with Gasteiger partial charge in [-0.25, -0.2) is 28.1 Å². The predicted octanol–water partition coefficient (Wildman–Crippen LogP) is 3.65. The molecule has 11 heteroatoms. The van der Waals surface area contributed by atoms with Gasteiger partial charge in [0.2, 0.25) is 5.88 Å². The van der Waals surface area contributed by atoms with Crippen molar-refractivity contribution in [3.63, 3.8) is 0 Å². The number of hydrogen-bond donors (Lipinski definition) is 2. The highest BCUT2D eigenvalue weighted by Gasteiger charge is 2.39. The summed E-state index contributed by atoms with van der Waals surface area (Å²) < 4.78 is 57.5. The molecule has 1 saturated heterocycles. The van der Waals surface area contributed by atoms with Gasteiger partial charge in [0.1, 0.15) is 16.5 Å². The number of ether oxygens (including phenoxy) is 1. The molecular weight excluding hydrogens is 492 g/mol. The minimum absolute atomic E-state index is 0.0400. The van der Waals surface area contributed by atoms with E-state index in [2.05, 4.69) is 14.7 Å². The molecule has 4 rings (SSSR count). The van der Waals surface area contributed by atoms with Gasteiger partial charge >= 0.3 is 0 Å². The molecule has 0 aliphatic carbocycles. The molecule has 0 spiro atoms. The number of amides is 1. The van der Waals surface area contributed by atoms with Gasteiger partial charge < -0.3 is 15.4 Å². The lowest BCUT2D eigenvalue weighted by Gasteiger charge is -2.34. The number of aromatic nitrogens is 3. The smallest absolute Gasteiger partial charge is 0.268 e. The van der Waals surface area contributed by atoms with E-state index < -0.39 is 34.2 Å². The van der Waals surface area contributed by atoms with Gasteiger partial charge in [0.15, 0.2) is 0 Å². The molecule has 4 heterocycles. The highest BCUT2D eigenvalue weighted by Crippen LogP contribution is 2.38. The number of rotatable bonds is 7. The molecule has 1 amide bonds. The Kier molecular flexibility index (Phi) is 6.05. The van der Waals surface area contributed by atoms with Crippen molar-refractivity contribution in [2.75, 3.05) is 17.2 Å². The molecule has 3 N–H and O–H groups in total. The van der Waals surface area contributed by atoms with Crippen molar-refractivity contribution in [3.05, 3.63) is 54.4 Å². The lowest BCUT2D eigenvalue weighted by Crippen LogP contribution is -2.41. The first-order chi connectivity index (χ1) is 18.6. The Morgan fingerprint density at radius 2 is 2.03 bits per heavy atom. The number of nitrogens with one attached hydrogen (secondary N) is 1. The maximum atomic E-state index is 13.4. The highest BCUT2D eigenvalue weighted by atomic mass is 32.2. The first-order valence-corrected chi connectivity index (χ1v) is 13.3. The minimum Gasteiger partial charge on any atom is -0.475 e. The molecule has 1 aliphatic heterocycles. The third kappa shape index (κ3) is 5.66. The van der Waals surface area contributed by atoms with E-state index in [1.165, 1.54) is 24.4 Å². The topological polar surface area (TPSA) is 140 Å². The Morgan fingerprint density at radius 3 is 2.65 bits per heavy atom. The number of sulfonamides is 1. The largest absolute Gasteiger partial charge is 0.475 e. The highest BCUT2D eigenvalue weighted by molar-refractivity contribution is 7.90. The number of carbonyl (C=O) groups excluding carboxylic acids is 1. The van der Waals surface area contributed by atoms with Crippen LogP contribution in [0.25, 0.3) is 11.3 Å². The zero-order valence-electron chi connectivity index (χ0n) is 24.1. The van der Waals surface area contributed by atoms with Crippen LogP contribution in [0.2, 0.25) is 0 Å². The molecule has 1 aliphatic rings. The predicted molar refractivity (Wildman–Crippen MR) is 142 cm³/mol. The lowest BCUT2D eigenvalue weighted by molar-refractivity contribution is 0.0981. The molecule has 0 unspecified atom stereocenters. The molecule has 196 valence electrons. The zero-order chi connectivity index (χ0) is 29.5. The van der Waals surface area contributed by atoms with E-state index in [0.717, 1.165) is 0 Å². The number of anilines is 2. The van der Waals surface area contributed by atoms with Crippen LogP contribution in [0.3, 0.4) is 0 Å². The summed E-state index contributed by atoms with van der Waals surface area (Å²) in [6, 6.07) is 9.15. The van der Waals surface area contributed by atoms with E-state index in [1.807, 2.05) is 27.7 Å². The number of carbonyl (C=O) groups is 1. The van der Waals surface area contributed by atoms with Crippen LogP contribution in [-0.2, 0) is 10.0 Å². The van der Waals surface area contributed by atoms with E-state index in [0.29, 0.717) is 23.6 Å². The minimum atomic E-state index is -4.37. The molecule has 0 aromatic carbocycles. The second kappa shape index (κ2) is 9.97. The van der Waals surface area contributed by atoms with Gasteiger partial charge in [0, 0.05) is 40.2 Å². The summed E-state index contributed by atoms with van der Waals surface area (Å²) in [4.78, 5) is 27.7. The molecule has 1 fully saturated rings. The number of nitrogen functional groups attached to an aromatic ring is 1. The fourth-order valence-electron chi connectivity index (χ4n) is 4.32. The van der Waals surface area contributed by atoms with Crippen LogP contribution in [0.4, 0.5) is 11.6 Å². The molecular formula is C26H32N6O4S. The maximum absolute atomic E-state index is 13.4. The van der Waals surface area contributed by atoms with Crippen LogP contribution < -0.4 is 20.1 Å². The molecule has 0 radical (unpaired) electrons. The van der Waals surface area contributed by atoms with Gasteiger partial charge in [0.05, 0.1) is 17.4 Å². The summed E-state index contributed by atoms with van der Waals surface area (Å²) in [7, 11) is -4.37. The molecule has 3 aromatic heterocycles. The standard InChI is InChI=1S/C26H32N6O4S/c1-16(2)36-22-11-8-18(14-29-22)20-10-9-19(24(30-20)32-15-17(3)13-26(32,4)5)25(33)31-37(34,35)21-7-6-12-28-23(21)27/h6-12,14,16-17H,13,15H2,1-5H3,(H2,27,28)(H,31,33)/t17-/m0/s1/i3D3. The Balaban J connectivity index is 1.77. The van der Waals surface area contributed by atoms with Crippen molar-refractivity contribution in [1.82, 2.24) is 19.7 Å². The quantitative estimate of drug-likeness (QED) is 0.471. The van der Waals surface area contributed by atoms with E-state index in [-0.39, 0.29) is 34.7 Å². The van der Waals surface area contributed by atoms with Crippen molar-refractivity contribution in [1.29, 1.82) is 0 Å². The maximum Gasteiger partial charge on any atom is 0.268 e. The van der Waals surface area contributed by atoms with Gasteiger partial charge in [-0.1, -0.05) is 6.85 Å². The fraction of sp³-hybridized carbons (Fsp3) is 0.385. The van der Waals surface area contributed by atoms with Crippen molar-refractivity contribution in [2.24, 2.45) is 5.92 Å². The first-order valence-electron chi connectivity index (χ1n) is 13.3. The summed E-state index contributed by atoms with van der Waals surface area (Å²) in [6.45, 7) is 5.38. The summed E-state index contributed by atoms with van der Waals surface area (Å²) in [5.74, 6) is -1.27. The lowest BCUT2D eigenvalue weighted by atomic mass is 9.97. The molecule has 3 aromatic rings. The van der Waals surface area contributed by atoms with Gasteiger partial charge in [0.25, 0.3) is 15.9 Å². The summed E-state index contributed by atoms with van der Waals surface area (Å²) >= 11 is 0. The van der Waals surface area contributed by atoms with Crippen LogP contribution in [0.1, 0.15) is 55.4 Å². The van der Waals surface area contributed by atoms with Gasteiger partial charge in [-0.2, -0.15) is 0 Å². The Bertz CT molecular complexity index is 1510. The SMILES string of the molecule is [2H]C([2H])([2H])[C@@H]1CN(c2nc(-c3ccc(OC(C)C)nc3)ccc2C(=O)NS(=O)(=O)c2cccnc2N)C(C)(C)C1. The number of nitrogens with two attached hydrogens (primary N) is 1. The molecule has 0 saturated carbocycles. The van der Waals surface area contributed by atoms with E-state index >= 15 is 0 Å². The van der Waals surface area contributed by atoms with Crippen LogP contribution >= 0.6 is 0 Å². The number of pyridine rings is 3. The summed E-state index contributed by atoms with van der Waals surface area (Å²) in [5, 5.41) is 0. The van der Waals surface area contributed by atoms with Crippen molar-refractivity contribution in [3.8, 4) is 17.1 Å². The monoisotopic (exact) mass is 527 g/mol. The molecule has 10 nitrogen and oxygen atoms in total. The normalized spacial score (nSPS) is 18.7. The van der Waals surface area contributed by atoms with Gasteiger partial charge in [-0.15, -0.1) is 0 Å². The number of hydrogen-bond acceptors (Lipinski definition) is 9. The van der Waals surface area contributed by atoms with Gasteiger partial charge in [-0.3, -0.25) is 4.79 Å². The average Bonchev–Trinajstić information content (AvgIpc) is 3.19. The average molecular weight is 528 g/mol. The molecule has 1 atom stereocenters. The number of nitrogens with zero attached hydrogens (tertiary/aromatic N) is 4. The Labute approximate surface area is 221 Å².